The number of rotatable bonds is 7. The van der Waals surface area contributed by atoms with Crippen LogP contribution < -0.4 is 16.5 Å². The minimum absolute atomic E-state index is 0.178. The fraction of sp³-hybridized carbons (Fsp3) is 0.0385. The molecule has 166 valence electrons. The molecule has 0 fully saturated rings. The lowest BCUT2D eigenvalue weighted by Crippen LogP contribution is -2.22. The van der Waals surface area contributed by atoms with Gasteiger partial charge in [0.15, 0.2) is 5.82 Å². The van der Waals surface area contributed by atoms with Crippen molar-refractivity contribution in [3.63, 3.8) is 0 Å². The number of carbonyl (C=O) groups excluding carboxylic acids is 1. The first-order chi connectivity index (χ1) is 16.6. The van der Waals surface area contributed by atoms with Crippen LogP contribution in [0.1, 0.15) is 27.2 Å². The summed E-state index contributed by atoms with van der Waals surface area (Å²) in [6, 6.07) is 25.8. The first-order valence-electron chi connectivity index (χ1n) is 10.5. The molecule has 0 spiro atoms. The highest BCUT2D eigenvalue weighted by molar-refractivity contribution is 5.95. The number of nitriles is 1. The molecule has 1 amide bonds. The topological polar surface area (TPSA) is 129 Å². The molecular weight excluding hydrogens is 426 g/mol. The zero-order valence-electron chi connectivity index (χ0n) is 18.1. The van der Waals surface area contributed by atoms with E-state index in [4.69, 9.17) is 11.0 Å². The van der Waals surface area contributed by atoms with Crippen LogP contribution in [0, 0.1) is 11.3 Å². The van der Waals surface area contributed by atoms with E-state index in [1.807, 2.05) is 36.4 Å². The Morgan fingerprint density at radius 3 is 2.62 bits per heavy atom. The lowest BCUT2D eigenvalue weighted by molar-refractivity contribution is 0.0951. The monoisotopic (exact) mass is 447 g/mol. The van der Waals surface area contributed by atoms with Crippen molar-refractivity contribution in [2.75, 3.05) is 11.2 Å². The van der Waals surface area contributed by atoms with E-state index in [2.05, 4.69) is 31.9 Å². The van der Waals surface area contributed by atoms with E-state index >= 15 is 0 Å². The highest BCUT2D eigenvalue weighted by atomic mass is 16.1. The number of hydrogen-bond donors (Lipinski definition) is 3. The van der Waals surface area contributed by atoms with E-state index in [1.54, 1.807) is 48.7 Å². The van der Waals surface area contributed by atoms with Crippen LogP contribution in [0.2, 0.25) is 0 Å². The standard InChI is InChI=1S/C26H21N7O/c27-14-18-9-11-22(12-10-18)33-31-17-24-25(28)29-16-23(32-24)20-7-4-8-21(13-20)26(34)30-15-19-5-2-1-3-6-19/h1-13,16-17,33H,15H2,(H2,28,29)(H,30,34). The number of anilines is 2. The maximum Gasteiger partial charge on any atom is 0.251 e. The van der Waals surface area contributed by atoms with Crippen molar-refractivity contribution < 1.29 is 4.79 Å². The zero-order valence-corrected chi connectivity index (χ0v) is 18.1. The summed E-state index contributed by atoms with van der Waals surface area (Å²) in [4.78, 5) is 21.4. The highest BCUT2D eigenvalue weighted by Crippen LogP contribution is 2.19. The largest absolute Gasteiger partial charge is 0.382 e. The normalized spacial score (nSPS) is 10.6. The Kier molecular flexibility index (Phi) is 6.86. The van der Waals surface area contributed by atoms with Gasteiger partial charge in [0.05, 0.1) is 35.4 Å². The summed E-state index contributed by atoms with van der Waals surface area (Å²) in [6.07, 6.45) is 3.03. The van der Waals surface area contributed by atoms with Crippen LogP contribution >= 0.6 is 0 Å². The molecule has 0 bridgehead atoms. The molecule has 1 heterocycles. The molecule has 0 aliphatic rings. The molecule has 34 heavy (non-hydrogen) atoms. The van der Waals surface area contributed by atoms with Crippen LogP contribution in [-0.4, -0.2) is 22.1 Å². The van der Waals surface area contributed by atoms with Crippen LogP contribution in [0.15, 0.2) is 90.2 Å². The summed E-state index contributed by atoms with van der Waals surface area (Å²) in [5.74, 6) is 0.0494. The number of aromatic nitrogens is 2. The second kappa shape index (κ2) is 10.5. The van der Waals surface area contributed by atoms with E-state index in [1.165, 1.54) is 6.21 Å². The quantitative estimate of drug-likeness (QED) is 0.290. The highest BCUT2D eigenvalue weighted by Gasteiger charge is 2.10. The summed E-state index contributed by atoms with van der Waals surface area (Å²) in [7, 11) is 0. The molecule has 0 saturated carbocycles. The van der Waals surface area contributed by atoms with Crippen LogP contribution in [-0.2, 0) is 6.54 Å². The van der Waals surface area contributed by atoms with Crippen molar-refractivity contribution in [2.24, 2.45) is 5.10 Å². The molecule has 8 nitrogen and oxygen atoms in total. The van der Waals surface area contributed by atoms with E-state index < -0.39 is 0 Å². The number of nitrogens with one attached hydrogen (secondary N) is 2. The second-order valence-corrected chi connectivity index (χ2v) is 7.33. The molecule has 1 aromatic heterocycles. The average molecular weight is 448 g/mol. The van der Waals surface area contributed by atoms with Gasteiger partial charge in [0.1, 0.15) is 5.69 Å². The third-order valence-electron chi connectivity index (χ3n) is 4.94. The van der Waals surface area contributed by atoms with Gasteiger partial charge < -0.3 is 11.1 Å². The Morgan fingerprint density at radius 1 is 1.06 bits per heavy atom. The van der Waals surface area contributed by atoms with Crippen molar-refractivity contribution in [3.05, 3.63) is 107 Å². The van der Waals surface area contributed by atoms with Gasteiger partial charge in [0, 0.05) is 17.7 Å². The molecule has 0 atom stereocenters. The smallest absolute Gasteiger partial charge is 0.251 e. The van der Waals surface area contributed by atoms with Gasteiger partial charge in [-0.1, -0.05) is 42.5 Å². The molecule has 0 saturated heterocycles. The fourth-order valence-electron chi connectivity index (χ4n) is 3.13. The van der Waals surface area contributed by atoms with Gasteiger partial charge in [-0.3, -0.25) is 10.2 Å². The van der Waals surface area contributed by atoms with Gasteiger partial charge in [-0.2, -0.15) is 10.4 Å². The van der Waals surface area contributed by atoms with Gasteiger partial charge in [-0.05, 0) is 42.0 Å². The number of amides is 1. The van der Waals surface area contributed by atoms with E-state index in [9.17, 15) is 4.79 Å². The molecule has 4 aromatic rings. The van der Waals surface area contributed by atoms with Gasteiger partial charge >= 0.3 is 0 Å². The van der Waals surface area contributed by atoms with E-state index in [0.717, 1.165) is 11.1 Å². The molecule has 0 unspecified atom stereocenters. The Bertz CT molecular complexity index is 1360. The number of nitrogen functional groups attached to an aromatic ring is 1. The molecule has 8 heteroatoms. The summed E-state index contributed by atoms with van der Waals surface area (Å²) in [6.45, 7) is 0.443. The number of carbonyl (C=O) groups is 1. The van der Waals surface area contributed by atoms with Crippen LogP contribution in [0.25, 0.3) is 11.3 Å². The molecule has 0 aliphatic carbocycles. The van der Waals surface area contributed by atoms with Crippen molar-refractivity contribution in [3.8, 4) is 17.3 Å². The molecule has 0 aliphatic heterocycles. The minimum Gasteiger partial charge on any atom is -0.382 e. The molecular formula is C26H21N7O. The second-order valence-electron chi connectivity index (χ2n) is 7.33. The molecule has 3 aromatic carbocycles. The Morgan fingerprint density at radius 2 is 1.85 bits per heavy atom. The SMILES string of the molecule is N#Cc1ccc(NN=Cc2nc(-c3cccc(C(=O)NCc4ccccc4)c3)cnc2N)cc1. The van der Waals surface area contributed by atoms with Gasteiger partial charge in [-0.15, -0.1) is 0 Å². The summed E-state index contributed by atoms with van der Waals surface area (Å²) >= 11 is 0. The molecule has 0 radical (unpaired) electrons. The number of hydrogen-bond acceptors (Lipinski definition) is 7. The summed E-state index contributed by atoms with van der Waals surface area (Å²) in [5, 5.41) is 16.0. The average Bonchev–Trinajstić information content (AvgIpc) is 2.89. The Hall–Kier alpha value is -5.03. The van der Waals surface area contributed by atoms with Crippen molar-refractivity contribution in [2.45, 2.75) is 6.54 Å². The van der Waals surface area contributed by atoms with Gasteiger partial charge in [-0.25, -0.2) is 9.97 Å². The predicted octanol–water partition coefficient (Wildman–Crippen LogP) is 3.97. The maximum absolute atomic E-state index is 12.6. The van der Waals surface area contributed by atoms with Crippen molar-refractivity contribution in [1.82, 2.24) is 15.3 Å². The fourth-order valence-corrected chi connectivity index (χ4v) is 3.13. The van der Waals surface area contributed by atoms with Crippen LogP contribution in [0.4, 0.5) is 11.5 Å². The summed E-state index contributed by atoms with van der Waals surface area (Å²) in [5.41, 5.74) is 13.3. The number of nitrogens with zero attached hydrogens (tertiary/aromatic N) is 4. The first kappa shape index (κ1) is 22.2. The maximum atomic E-state index is 12.6. The molecule has 4 N–H and O–H groups in total. The zero-order chi connectivity index (χ0) is 23.8. The third-order valence-corrected chi connectivity index (χ3v) is 4.94. The number of nitrogens with two attached hydrogens (primary N) is 1. The van der Waals surface area contributed by atoms with Crippen LogP contribution in [0.3, 0.4) is 0 Å². The van der Waals surface area contributed by atoms with E-state index in [-0.39, 0.29) is 11.7 Å². The van der Waals surface area contributed by atoms with Crippen molar-refractivity contribution >= 4 is 23.6 Å². The van der Waals surface area contributed by atoms with Crippen LogP contribution in [0.5, 0.6) is 0 Å². The predicted molar refractivity (Wildman–Crippen MR) is 132 cm³/mol. The van der Waals surface area contributed by atoms with E-state index in [0.29, 0.717) is 34.7 Å². The Balaban J connectivity index is 1.47. The van der Waals surface area contributed by atoms with Gasteiger partial charge in [0.25, 0.3) is 5.91 Å². The first-order valence-corrected chi connectivity index (χ1v) is 10.5. The Labute approximate surface area is 196 Å². The lowest BCUT2D eigenvalue weighted by atomic mass is 10.1. The lowest BCUT2D eigenvalue weighted by Gasteiger charge is -2.08. The minimum atomic E-state index is -0.178. The number of benzene rings is 3. The molecule has 4 rings (SSSR count). The third kappa shape index (κ3) is 5.60. The van der Waals surface area contributed by atoms with Gasteiger partial charge in [0.2, 0.25) is 0 Å². The summed E-state index contributed by atoms with van der Waals surface area (Å²) < 4.78 is 0. The number of hydrazone groups is 1. The van der Waals surface area contributed by atoms with Crippen molar-refractivity contribution in [1.29, 1.82) is 5.26 Å².